The van der Waals surface area contributed by atoms with Gasteiger partial charge in [-0.3, -0.25) is 4.79 Å². The summed E-state index contributed by atoms with van der Waals surface area (Å²) in [6.45, 7) is 2.05. The van der Waals surface area contributed by atoms with E-state index in [2.05, 4.69) is 26.6 Å². The molecule has 0 atom stereocenters. The Morgan fingerprint density at radius 1 is 1.03 bits per heavy atom. The van der Waals surface area contributed by atoms with Crippen molar-refractivity contribution in [2.45, 2.75) is 19.4 Å². The summed E-state index contributed by atoms with van der Waals surface area (Å²) in [5.74, 6) is -0.156. The second-order valence-corrected chi connectivity index (χ2v) is 8.34. The lowest BCUT2D eigenvalue weighted by molar-refractivity contribution is -0.111. The highest BCUT2D eigenvalue weighted by molar-refractivity contribution is 7.13. The summed E-state index contributed by atoms with van der Waals surface area (Å²) in [7, 11) is 0. The summed E-state index contributed by atoms with van der Waals surface area (Å²) in [5, 5.41) is 18.4. The highest BCUT2D eigenvalue weighted by Gasteiger charge is 2.18. The maximum atomic E-state index is 12.6. The standard InChI is InChI=1S/C23H22N4O2S/c28-13-17-14-30-23(24-17)16-5-3-4-15(10-16)20-12-22(29)26-21-11-18(6-7-19(21)25-20)27-8-1-2-9-27/h3-7,10-12,14,25,28H,1-2,8-9,13H2,(H,26,29). The van der Waals surface area contributed by atoms with Gasteiger partial charge < -0.3 is 20.6 Å². The van der Waals surface area contributed by atoms with E-state index in [1.54, 1.807) is 6.08 Å². The van der Waals surface area contributed by atoms with E-state index in [1.807, 2.05) is 41.8 Å². The molecule has 3 N–H and O–H groups in total. The topological polar surface area (TPSA) is 77.5 Å². The first kappa shape index (κ1) is 18.8. The van der Waals surface area contributed by atoms with Crippen LogP contribution in [0.15, 0.2) is 53.9 Å². The van der Waals surface area contributed by atoms with Gasteiger partial charge in [-0.2, -0.15) is 0 Å². The summed E-state index contributed by atoms with van der Waals surface area (Å²) in [4.78, 5) is 19.4. The molecule has 2 aliphatic heterocycles. The van der Waals surface area contributed by atoms with E-state index in [4.69, 9.17) is 0 Å². The lowest BCUT2D eigenvalue weighted by atomic mass is 10.1. The molecule has 0 bridgehead atoms. The Hall–Kier alpha value is -3.16. The van der Waals surface area contributed by atoms with E-state index < -0.39 is 0 Å². The summed E-state index contributed by atoms with van der Waals surface area (Å²) < 4.78 is 0. The zero-order valence-electron chi connectivity index (χ0n) is 16.4. The van der Waals surface area contributed by atoms with Gasteiger partial charge in [0.15, 0.2) is 0 Å². The Balaban J connectivity index is 1.45. The maximum absolute atomic E-state index is 12.6. The van der Waals surface area contributed by atoms with E-state index in [9.17, 15) is 9.90 Å². The Morgan fingerprint density at radius 3 is 2.67 bits per heavy atom. The fourth-order valence-corrected chi connectivity index (χ4v) is 4.69. The number of anilines is 3. The molecule has 3 heterocycles. The van der Waals surface area contributed by atoms with Crippen LogP contribution in [0, 0.1) is 0 Å². The van der Waals surface area contributed by atoms with Crippen LogP contribution in [-0.2, 0) is 11.4 Å². The van der Waals surface area contributed by atoms with Gasteiger partial charge >= 0.3 is 0 Å². The van der Waals surface area contributed by atoms with E-state index in [0.29, 0.717) is 5.69 Å². The molecule has 2 aliphatic rings. The first-order valence-electron chi connectivity index (χ1n) is 10.0. The third kappa shape index (κ3) is 3.69. The van der Waals surface area contributed by atoms with Crippen LogP contribution in [0.5, 0.6) is 0 Å². The van der Waals surface area contributed by atoms with Gasteiger partial charge in [-0.05, 0) is 42.7 Å². The van der Waals surface area contributed by atoms with Crippen LogP contribution >= 0.6 is 11.3 Å². The molecule has 0 aliphatic carbocycles. The fraction of sp³-hybridized carbons (Fsp3) is 0.217. The quantitative estimate of drug-likeness (QED) is 0.589. The van der Waals surface area contributed by atoms with Crippen molar-refractivity contribution in [3.05, 3.63) is 65.2 Å². The lowest BCUT2D eigenvalue weighted by Crippen LogP contribution is -2.18. The van der Waals surface area contributed by atoms with Crippen molar-refractivity contribution in [1.82, 2.24) is 4.98 Å². The molecule has 3 aromatic rings. The zero-order chi connectivity index (χ0) is 20.5. The normalized spacial score (nSPS) is 15.8. The number of nitrogens with one attached hydrogen (secondary N) is 2. The fourth-order valence-electron chi connectivity index (χ4n) is 3.89. The van der Waals surface area contributed by atoms with Gasteiger partial charge in [0.05, 0.1) is 29.4 Å². The largest absolute Gasteiger partial charge is 0.390 e. The van der Waals surface area contributed by atoms with Crippen molar-refractivity contribution in [3.8, 4) is 10.6 Å². The number of nitrogens with zero attached hydrogens (tertiary/aromatic N) is 2. The molecule has 0 spiro atoms. The molecule has 1 saturated heterocycles. The summed E-state index contributed by atoms with van der Waals surface area (Å²) in [6.07, 6.45) is 4.01. The molecule has 0 radical (unpaired) electrons. The van der Waals surface area contributed by atoms with Crippen molar-refractivity contribution in [3.63, 3.8) is 0 Å². The van der Waals surface area contributed by atoms with Crippen LogP contribution in [0.1, 0.15) is 24.1 Å². The molecule has 0 unspecified atom stereocenters. The number of hydrogen-bond acceptors (Lipinski definition) is 6. The number of carbonyl (C=O) groups excluding carboxylic acids is 1. The number of thiazole rings is 1. The number of amides is 1. The van der Waals surface area contributed by atoms with Gasteiger partial charge in [0.2, 0.25) is 0 Å². The van der Waals surface area contributed by atoms with Crippen molar-refractivity contribution in [1.29, 1.82) is 0 Å². The van der Waals surface area contributed by atoms with Crippen LogP contribution in [0.2, 0.25) is 0 Å². The Labute approximate surface area is 178 Å². The number of carbonyl (C=O) groups is 1. The van der Waals surface area contributed by atoms with Crippen LogP contribution in [0.4, 0.5) is 17.1 Å². The molecule has 7 heteroatoms. The van der Waals surface area contributed by atoms with Gasteiger partial charge in [0, 0.05) is 35.8 Å². The van der Waals surface area contributed by atoms with E-state index in [1.165, 1.54) is 24.2 Å². The maximum Gasteiger partial charge on any atom is 0.250 e. The van der Waals surface area contributed by atoms with E-state index in [-0.39, 0.29) is 12.5 Å². The molecule has 152 valence electrons. The van der Waals surface area contributed by atoms with Crippen LogP contribution in [0.25, 0.3) is 16.3 Å². The minimum absolute atomic E-state index is 0.0702. The smallest absolute Gasteiger partial charge is 0.250 e. The van der Waals surface area contributed by atoms with Crippen molar-refractivity contribution in [2.75, 3.05) is 28.6 Å². The number of aliphatic hydroxyl groups excluding tert-OH is 1. The zero-order valence-corrected chi connectivity index (χ0v) is 17.2. The lowest BCUT2D eigenvalue weighted by Gasteiger charge is -2.20. The molecule has 0 saturated carbocycles. The minimum atomic E-state index is -0.156. The number of fused-ring (bicyclic) bond motifs is 1. The molecule has 5 rings (SSSR count). The molecular weight excluding hydrogens is 396 g/mol. The molecule has 6 nitrogen and oxygen atoms in total. The number of aliphatic hydroxyl groups is 1. The molecule has 30 heavy (non-hydrogen) atoms. The first-order chi connectivity index (χ1) is 14.7. The predicted octanol–water partition coefficient (Wildman–Crippen LogP) is 4.31. The number of hydrogen-bond donors (Lipinski definition) is 3. The van der Waals surface area contributed by atoms with Gasteiger partial charge in [-0.15, -0.1) is 11.3 Å². The molecule has 1 aromatic heterocycles. The van der Waals surface area contributed by atoms with Crippen molar-refractivity contribution >= 4 is 40.0 Å². The number of rotatable bonds is 4. The van der Waals surface area contributed by atoms with Gasteiger partial charge in [0.1, 0.15) is 5.01 Å². The molecular formula is C23H22N4O2S. The highest BCUT2D eigenvalue weighted by atomic mass is 32.1. The van der Waals surface area contributed by atoms with E-state index >= 15 is 0 Å². The molecule has 1 fully saturated rings. The highest BCUT2D eigenvalue weighted by Crippen LogP contribution is 2.34. The molecule has 1 amide bonds. The third-order valence-electron chi connectivity index (χ3n) is 5.41. The minimum Gasteiger partial charge on any atom is -0.390 e. The first-order valence-corrected chi connectivity index (χ1v) is 10.9. The second kappa shape index (κ2) is 7.93. The summed E-state index contributed by atoms with van der Waals surface area (Å²) in [6, 6.07) is 14.1. The van der Waals surface area contributed by atoms with Gasteiger partial charge in [-0.1, -0.05) is 18.2 Å². The Kier molecular flexibility index (Phi) is 4.98. The number of aromatic nitrogens is 1. The summed E-state index contributed by atoms with van der Waals surface area (Å²) in [5.41, 5.74) is 6.06. The van der Waals surface area contributed by atoms with Crippen LogP contribution in [0.3, 0.4) is 0 Å². The van der Waals surface area contributed by atoms with Crippen LogP contribution < -0.4 is 15.5 Å². The van der Waals surface area contributed by atoms with Gasteiger partial charge in [0.25, 0.3) is 5.91 Å². The monoisotopic (exact) mass is 418 g/mol. The summed E-state index contributed by atoms with van der Waals surface area (Å²) >= 11 is 1.49. The number of benzene rings is 2. The van der Waals surface area contributed by atoms with Crippen LogP contribution in [-0.4, -0.2) is 29.1 Å². The van der Waals surface area contributed by atoms with Crippen molar-refractivity contribution < 1.29 is 9.90 Å². The molecule has 2 aromatic carbocycles. The average Bonchev–Trinajstić information content (AvgIpc) is 3.44. The second-order valence-electron chi connectivity index (χ2n) is 7.48. The van der Waals surface area contributed by atoms with E-state index in [0.717, 1.165) is 52.0 Å². The average molecular weight is 419 g/mol. The Morgan fingerprint density at radius 2 is 1.87 bits per heavy atom. The predicted molar refractivity (Wildman–Crippen MR) is 122 cm³/mol. The SMILES string of the molecule is O=C1C=C(c2cccc(-c3nc(CO)cs3)c2)Nc2ccc(N3CCCC3)cc2N1. The van der Waals surface area contributed by atoms with Crippen molar-refractivity contribution in [2.24, 2.45) is 0 Å². The third-order valence-corrected chi connectivity index (χ3v) is 6.35. The Bertz CT molecular complexity index is 1130. The van der Waals surface area contributed by atoms with Gasteiger partial charge in [-0.25, -0.2) is 4.98 Å².